The lowest BCUT2D eigenvalue weighted by Crippen LogP contribution is -2.31. The number of ether oxygens (including phenoxy) is 1. The first-order chi connectivity index (χ1) is 7.63. The van der Waals surface area contributed by atoms with Crippen molar-refractivity contribution < 1.29 is 9.84 Å². The summed E-state index contributed by atoms with van der Waals surface area (Å²) in [5.41, 5.74) is 6.79. The predicted molar refractivity (Wildman–Crippen MR) is 65.6 cm³/mol. The zero-order chi connectivity index (χ0) is 12.0. The molecule has 1 aromatic rings. The van der Waals surface area contributed by atoms with E-state index >= 15 is 0 Å². The molecule has 0 bridgehead atoms. The fourth-order valence-electron chi connectivity index (χ4n) is 1.50. The first kappa shape index (κ1) is 13.0. The molecule has 16 heavy (non-hydrogen) atoms. The monoisotopic (exact) mass is 223 g/mol. The second-order valence-electron chi connectivity index (χ2n) is 4.04. The highest BCUT2D eigenvalue weighted by molar-refractivity contribution is 5.27. The number of aliphatic hydroxyl groups is 1. The Morgan fingerprint density at radius 2 is 1.94 bits per heavy atom. The first-order valence-electron chi connectivity index (χ1n) is 5.79. The van der Waals surface area contributed by atoms with E-state index in [9.17, 15) is 5.11 Å². The van der Waals surface area contributed by atoms with Crippen molar-refractivity contribution in [1.82, 2.24) is 0 Å². The van der Waals surface area contributed by atoms with E-state index < -0.39 is 6.10 Å². The van der Waals surface area contributed by atoms with Crippen LogP contribution in [0.2, 0.25) is 0 Å². The van der Waals surface area contributed by atoms with Crippen LogP contribution in [0.1, 0.15) is 25.8 Å². The molecule has 3 N–H and O–H groups in total. The van der Waals surface area contributed by atoms with Crippen LogP contribution in [0.5, 0.6) is 5.75 Å². The summed E-state index contributed by atoms with van der Waals surface area (Å²) in [6, 6.07) is 7.80. The van der Waals surface area contributed by atoms with E-state index in [-0.39, 0.29) is 6.04 Å². The summed E-state index contributed by atoms with van der Waals surface area (Å²) in [5.74, 6) is 0.888. The molecular weight excluding hydrogens is 202 g/mol. The molecule has 0 radical (unpaired) electrons. The van der Waals surface area contributed by atoms with Crippen LogP contribution in [0, 0.1) is 0 Å². The average molecular weight is 223 g/mol. The fourth-order valence-corrected chi connectivity index (χ4v) is 1.50. The molecule has 1 rings (SSSR count). The van der Waals surface area contributed by atoms with E-state index in [1.54, 1.807) is 0 Å². The van der Waals surface area contributed by atoms with Crippen molar-refractivity contribution in [3.05, 3.63) is 29.8 Å². The lowest BCUT2D eigenvalue weighted by Gasteiger charge is -2.14. The summed E-state index contributed by atoms with van der Waals surface area (Å²) in [4.78, 5) is 0. The molecule has 1 aromatic carbocycles. The normalized spacial score (nSPS) is 14.5. The minimum Gasteiger partial charge on any atom is -0.494 e. The number of nitrogens with two attached hydrogens (primary N) is 1. The molecule has 0 heterocycles. The highest BCUT2D eigenvalue weighted by Crippen LogP contribution is 2.14. The molecule has 90 valence electrons. The van der Waals surface area contributed by atoms with Crippen LogP contribution < -0.4 is 10.5 Å². The Hall–Kier alpha value is -1.06. The third-order valence-electron chi connectivity index (χ3n) is 2.57. The zero-order valence-corrected chi connectivity index (χ0v) is 10.0. The molecule has 0 aromatic heterocycles. The molecular formula is C13H21NO2. The number of hydrogen-bond donors (Lipinski definition) is 2. The van der Waals surface area contributed by atoms with Crippen LogP contribution in [0.4, 0.5) is 0 Å². The average Bonchev–Trinajstić information content (AvgIpc) is 2.28. The van der Waals surface area contributed by atoms with E-state index in [1.807, 2.05) is 38.1 Å². The van der Waals surface area contributed by atoms with Gasteiger partial charge in [0.15, 0.2) is 0 Å². The Morgan fingerprint density at radius 3 is 2.44 bits per heavy atom. The molecule has 0 spiro atoms. The molecule has 0 amide bonds. The summed E-state index contributed by atoms with van der Waals surface area (Å²) in [6.45, 7) is 4.47. The zero-order valence-electron chi connectivity index (χ0n) is 10.0. The second-order valence-corrected chi connectivity index (χ2v) is 4.04. The van der Waals surface area contributed by atoms with E-state index in [1.165, 1.54) is 5.56 Å². The van der Waals surface area contributed by atoms with Gasteiger partial charge in [-0.2, -0.15) is 0 Å². The van der Waals surface area contributed by atoms with Crippen LogP contribution in [-0.2, 0) is 6.42 Å². The maximum absolute atomic E-state index is 9.58. The van der Waals surface area contributed by atoms with E-state index in [0.29, 0.717) is 13.0 Å². The topological polar surface area (TPSA) is 55.5 Å². The maximum Gasteiger partial charge on any atom is 0.119 e. The Labute approximate surface area is 97.2 Å². The number of rotatable bonds is 6. The van der Waals surface area contributed by atoms with E-state index in [4.69, 9.17) is 10.5 Å². The second kappa shape index (κ2) is 6.51. The molecule has 0 aliphatic rings. The minimum atomic E-state index is -0.424. The van der Waals surface area contributed by atoms with E-state index in [2.05, 4.69) is 0 Å². The van der Waals surface area contributed by atoms with Crippen molar-refractivity contribution in [2.24, 2.45) is 5.73 Å². The van der Waals surface area contributed by atoms with Crippen molar-refractivity contribution in [2.45, 2.75) is 38.8 Å². The molecule has 0 saturated heterocycles. The lowest BCUT2D eigenvalue weighted by atomic mass is 10.0. The smallest absolute Gasteiger partial charge is 0.119 e. The van der Waals surface area contributed by atoms with E-state index in [0.717, 1.165) is 12.2 Å². The predicted octanol–water partition coefficient (Wildman–Crippen LogP) is 1.73. The van der Waals surface area contributed by atoms with Gasteiger partial charge in [0.05, 0.1) is 12.7 Å². The fraction of sp³-hybridized carbons (Fsp3) is 0.538. The summed E-state index contributed by atoms with van der Waals surface area (Å²) >= 11 is 0. The Bertz CT molecular complexity index is 295. The molecule has 3 nitrogen and oxygen atoms in total. The number of benzene rings is 1. The summed E-state index contributed by atoms with van der Waals surface area (Å²) in [5, 5.41) is 9.58. The van der Waals surface area contributed by atoms with Crippen LogP contribution >= 0.6 is 0 Å². The van der Waals surface area contributed by atoms with Gasteiger partial charge in [-0.05, 0) is 44.4 Å². The third kappa shape index (κ3) is 4.21. The quantitative estimate of drug-likeness (QED) is 0.772. The van der Waals surface area contributed by atoms with Crippen molar-refractivity contribution in [2.75, 3.05) is 6.61 Å². The largest absolute Gasteiger partial charge is 0.494 e. The molecule has 3 heteroatoms. The van der Waals surface area contributed by atoms with Gasteiger partial charge in [0.25, 0.3) is 0 Å². The Morgan fingerprint density at radius 1 is 1.31 bits per heavy atom. The molecule has 2 atom stereocenters. The van der Waals surface area contributed by atoms with Gasteiger partial charge in [-0.15, -0.1) is 0 Å². The summed E-state index contributed by atoms with van der Waals surface area (Å²) < 4.78 is 5.36. The molecule has 0 saturated carbocycles. The molecule has 2 unspecified atom stereocenters. The maximum atomic E-state index is 9.58. The third-order valence-corrected chi connectivity index (χ3v) is 2.57. The van der Waals surface area contributed by atoms with Crippen LogP contribution in [0.25, 0.3) is 0 Å². The standard InChI is InChI=1S/C13H21NO2/c1-3-16-12-7-4-11(5-8-12)6-9-13(15)10(2)14/h4-5,7-8,10,13,15H,3,6,9,14H2,1-2H3. The lowest BCUT2D eigenvalue weighted by molar-refractivity contribution is 0.141. The summed E-state index contributed by atoms with van der Waals surface area (Å²) in [6.07, 6.45) is 1.12. The highest BCUT2D eigenvalue weighted by atomic mass is 16.5. The van der Waals surface area contributed by atoms with Crippen LogP contribution in [0.15, 0.2) is 24.3 Å². The van der Waals surface area contributed by atoms with Crippen molar-refractivity contribution in [1.29, 1.82) is 0 Å². The first-order valence-corrected chi connectivity index (χ1v) is 5.79. The number of aliphatic hydroxyl groups excluding tert-OH is 1. The van der Waals surface area contributed by atoms with Gasteiger partial charge < -0.3 is 15.6 Å². The van der Waals surface area contributed by atoms with Gasteiger partial charge in [0, 0.05) is 6.04 Å². The Kier molecular flexibility index (Phi) is 5.29. The minimum absolute atomic E-state index is 0.164. The van der Waals surface area contributed by atoms with Crippen LogP contribution in [-0.4, -0.2) is 23.9 Å². The van der Waals surface area contributed by atoms with Crippen molar-refractivity contribution >= 4 is 0 Å². The Balaban J connectivity index is 2.43. The highest BCUT2D eigenvalue weighted by Gasteiger charge is 2.09. The van der Waals surface area contributed by atoms with Gasteiger partial charge in [0.1, 0.15) is 5.75 Å². The van der Waals surface area contributed by atoms with Gasteiger partial charge in [-0.1, -0.05) is 12.1 Å². The number of aryl methyl sites for hydroxylation is 1. The van der Waals surface area contributed by atoms with Crippen molar-refractivity contribution in [3.8, 4) is 5.75 Å². The number of hydrogen-bond acceptors (Lipinski definition) is 3. The summed E-state index contributed by atoms with van der Waals surface area (Å²) in [7, 11) is 0. The van der Waals surface area contributed by atoms with Crippen molar-refractivity contribution in [3.63, 3.8) is 0 Å². The molecule has 0 aliphatic heterocycles. The van der Waals surface area contributed by atoms with Gasteiger partial charge in [-0.3, -0.25) is 0 Å². The van der Waals surface area contributed by atoms with Crippen LogP contribution in [0.3, 0.4) is 0 Å². The molecule has 0 aliphatic carbocycles. The van der Waals surface area contributed by atoms with Gasteiger partial charge in [-0.25, -0.2) is 0 Å². The van der Waals surface area contributed by atoms with Gasteiger partial charge in [0.2, 0.25) is 0 Å². The SMILES string of the molecule is CCOc1ccc(CCC(O)C(C)N)cc1. The molecule has 0 fully saturated rings. The van der Waals surface area contributed by atoms with Gasteiger partial charge >= 0.3 is 0 Å².